The predicted molar refractivity (Wildman–Crippen MR) is 89.6 cm³/mol. The molecule has 8 heteroatoms. The van der Waals surface area contributed by atoms with Crippen molar-refractivity contribution in [3.8, 4) is 0 Å². The molecule has 0 bridgehead atoms. The molecule has 132 valence electrons. The van der Waals surface area contributed by atoms with E-state index < -0.39 is 23.9 Å². The number of hydrogen-bond donors (Lipinski definition) is 4. The quantitative estimate of drug-likeness (QED) is 0.577. The smallest absolute Gasteiger partial charge is 0.336 e. The lowest BCUT2D eigenvalue weighted by Crippen LogP contribution is -2.04. The van der Waals surface area contributed by atoms with Gasteiger partial charge in [0.05, 0.1) is 22.3 Å². The Labute approximate surface area is 146 Å². The third-order valence-corrected chi connectivity index (χ3v) is 3.50. The van der Waals surface area contributed by atoms with Crippen LogP contribution in [0.4, 0.5) is 0 Å². The van der Waals surface area contributed by atoms with Crippen molar-refractivity contribution in [1.82, 2.24) is 0 Å². The first-order valence-corrected chi connectivity index (χ1v) is 7.10. The van der Waals surface area contributed by atoms with E-state index in [1.807, 2.05) is 0 Å². The average Bonchev–Trinajstić information content (AvgIpc) is 2.58. The van der Waals surface area contributed by atoms with Gasteiger partial charge in [-0.1, -0.05) is 12.2 Å². The Balaban J connectivity index is 2.58. The number of rotatable bonds is 6. The molecule has 0 aliphatic rings. The number of carboxylic acids is 4. The van der Waals surface area contributed by atoms with E-state index in [0.29, 0.717) is 0 Å². The maximum Gasteiger partial charge on any atom is 0.336 e. The molecule has 0 radical (unpaired) electrons. The second-order valence-electron chi connectivity index (χ2n) is 5.16. The minimum Gasteiger partial charge on any atom is -0.478 e. The predicted octanol–water partition coefficient (Wildman–Crippen LogP) is 2.65. The molecule has 0 saturated carbocycles. The summed E-state index contributed by atoms with van der Waals surface area (Å²) in [4.78, 5) is 44.7. The number of hydrogen-bond acceptors (Lipinski definition) is 4. The number of aromatic carboxylic acids is 4. The minimum absolute atomic E-state index is 0.0365. The summed E-state index contributed by atoms with van der Waals surface area (Å²) < 4.78 is 0. The fraction of sp³-hybridized carbons (Fsp3) is 0. The summed E-state index contributed by atoms with van der Waals surface area (Å²) in [5.41, 5.74) is -0.584. The van der Waals surface area contributed by atoms with E-state index in [1.54, 1.807) is 0 Å². The van der Waals surface area contributed by atoms with Crippen molar-refractivity contribution in [2.45, 2.75) is 0 Å². The Morgan fingerprint density at radius 3 is 1.19 bits per heavy atom. The fourth-order valence-electron chi connectivity index (χ4n) is 2.24. The van der Waals surface area contributed by atoms with E-state index in [-0.39, 0.29) is 33.4 Å². The number of benzene rings is 2. The zero-order valence-electron chi connectivity index (χ0n) is 13.0. The average molecular weight is 356 g/mol. The van der Waals surface area contributed by atoms with Crippen LogP contribution in [0.3, 0.4) is 0 Å². The molecule has 0 aliphatic carbocycles. The van der Waals surface area contributed by atoms with E-state index in [9.17, 15) is 29.4 Å². The van der Waals surface area contributed by atoms with Gasteiger partial charge in [-0.3, -0.25) is 0 Å². The summed E-state index contributed by atoms with van der Waals surface area (Å²) in [6.07, 6.45) is 2.45. The number of carbonyl (C=O) groups is 4. The molecule has 2 aromatic rings. The third-order valence-electron chi connectivity index (χ3n) is 3.50. The van der Waals surface area contributed by atoms with Gasteiger partial charge in [0.1, 0.15) is 0 Å². The van der Waals surface area contributed by atoms with Crippen LogP contribution < -0.4 is 0 Å². The van der Waals surface area contributed by atoms with E-state index >= 15 is 0 Å². The molecule has 0 heterocycles. The summed E-state index contributed by atoms with van der Waals surface area (Å²) in [7, 11) is 0. The molecule has 0 spiro atoms. The van der Waals surface area contributed by atoms with Gasteiger partial charge < -0.3 is 20.4 Å². The Morgan fingerprint density at radius 1 is 0.577 bits per heavy atom. The van der Waals surface area contributed by atoms with Crippen LogP contribution in [-0.4, -0.2) is 44.3 Å². The number of carboxylic acid groups (broad SMARTS) is 4. The second kappa shape index (κ2) is 7.31. The molecular weight excluding hydrogens is 344 g/mol. The Morgan fingerprint density at radius 2 is 0.923 bits per heavy atom. The van der Waals surface area contributed by atoms with Gasteiger partial charge in [-0.2, -0.15) is 0 Å². The Bertz CT molecular complexity index is 878. The monoisotopic (exact) mass is 356 g/mol. The van der Waals surface area contributed by atoms with E-state index in [4.69, 9.17) is 10.2 Å². The highest BCUT2D eigenvalue weighted by atomic mass is 16.4. The molecule has 2 aromatic carbocycles. The van der Waals surface area contributed by atoms with Crippen molar-refractivity contribution in [2.75, 3.05) is 0 Å². The highest BCUT2D eigenvalue weighted by molar-refractivity contribution is 5.99. The van der Waals surface area contributed by atoms with E-state index in [1.165, 1.54) is 12.2 Å². The van der Waals surface area contributed by atoms with Crippen molar-refractivity contribution in [2.24, 2.45) is 0 Å². The van der Waals surface area contributed by atoms with E-state index in [2.05, 4.69) is 0 Å². The maximum absolute atomic E-state index is 11.3. The highest BCUT2D eigenvalue weighted by Gasteiger charge is 2.14. The SMILES string of the molecule is O=C(O)c1ccc(C(=O)O)c(/C=C\c2cc(C(=O)O)ccc2C(=O)O)c1. The highest BCUT2D eigenvalue weighted by Crippen LogP contribution is 2.19. The van der Waals surface area contributed by atoms with Gasteiger partial charge in [0.25, 0.3) is 0 Å². The van der Waals surface area contributed by atoms with Crippen molar-refractivity contribution in [1.29, 1.82) is 0 Å². The first kappa shape index (κ1) is 18.4. The van der Waals surface area contributed by atoms with Crippen LogP contribution >= 0.6 is 0 Å². The van der Waals surface area contributed by atoms with Crippen LogP contribution in [0.5, 0.6) is 0 Å². The molecule has 0 fully saturated rings. The van der Waals surface area contributed by atoms with Gasteiger partial charge >= 0.3 is 23.9 Å². The molecule has 0 aromatic heterocycles. The normalized spacial score (nSPS) is 10.6. The lowest BCUT2D eigenvalue weighted by atomic mass is 9.99. The summed E-state index contributed by atoms with van der Waals surface area (Å²) in [6, 6.07) is 6.77. The van der Waals surface area contributed by atoms with Gasteiger partial charge in [0.15, 0.2) is 0 Å². The van der Waals surface area contributed by atoms with Crippen LogP contribution in [0.1, 0.15) is 52.6 Å². The van der Waals surface area contributed by atoms with Crippen LogP contribution in [0.15, 0.2) is 36.4 Å². The molecule has 4 N–H and O–H groups in total. The molecule has 0 saturated heterocycles. The zero-order chi connectivity index (χ0) is 19.4. The van der Waals surface area contributed by atoms with Crippen molar-refractivity contribution < 1.29 is 39.6 Å². The Hall–Kier alpha value is -3.94. The second-order valence-corrected chi connectivity index (χ2v) is 5.16. The van der Waals surface area contributed by atoms with Crippen molar-refractivity contribution in [3.05, 3.63) is 69.8 Å². The van der Waals surface area contributed by atoms with Crippen LogP contribution in [-0.2, 0) is 0 Å². The molecule has 8 nitrogen and oxygen atoms in total. The largest absolute Gasteiger partial charge is 0.478 e. The molecule has 0 atom stereocenters. The lowest BCUT2D eigenvalue weighted by molar-refractivity contribution is 0.0681. The standard InChI is InChI=1S/C18H12O8/c19-15(20)11-3-5-13(17(23)24)9(7-11)1-2-10-8-12(16(21)22)4-6-14(10)18(25)26/h1-8H,(H,19,20)(H,21,22)(H,23,24)(H,25,26)/b2-1-. The molecule has 0 aliphatic heterocycles. The summed E-state index contributed by atoms with van der Waals surface area (Å²) in [6.45, 7) is 0. The minimum atomic E-state index is -1.29. The summed E-state index contributed by atoms with van der Waals surface area (Å²) in [5.74, 6) is -5.09. The third kappa shape index (κ3) is 3.93. The molecule has 26 heavy (non-hydrogen) atoms. The summed E-state index contributed by atoms with van der Waals surface area (Å²) in [5, 5.41) is 36.4. The van der Waals surface area contributed by atoms with Crippen LogP contribution in [0, 0.1) is 0 Å². The van der Waals surface area contributed by atoms with Crippen LogP contribution in [0.25, 0.3) is 12.2 Å². The topological polar surface area (TPSA) is 149 Å². The first-order chi connectivity index (χ1) is 12.2. The summed E-state index contributed by atoms with van der Waals surface area (Å²) >= 11 is 0. The Kier molecular flexibility index (Phi) is 5.17. The van der Waals surface area contributed by atoms with Crippen LogP contribution in [0.2, 0.25) is 0 Å². The van der Waals surface area contributed by atoms with Gasteiger partial charge in [0, 0.05) is 0 Å². The maximum atomic E-state index is 11.3. The van der Waals surface area contributed by atoms with Crippen molar-refractivity contribution >= 4 is 36.0 Å². The molecule has 2 rings (SSSR count). The van der Waals surface area contributed by atoms with Crippen molar-refractivity contribution in [3.63, 3.8) is 0 Å². The molecular formula is C18H12O8. The fourth-order valence-corrected chi connectivity index (χ4v) is 2.24. The van der Waals surface area contributed by atoms with Gasteiger partial charge in [0.2, 0.25) is 0 Å². The van der Waals surface area contributed by atoms with Gasteiger partial charge in [-0.15, -0.1) is 0 Å². The van der Waals surface area contributed by atoms with E-state index in [0.717, 1.165) is 36.4 Å². The zero-order valence-corrected chi connectivity index (χ0v) is 13.0. The van der Waals surface area contributed by atoms with Gasteiger partial charge in [-0.05, 0) is 47.5 Å². The molecule has 0 amide bonds. The first-order valence-electron chi connectivity index (χ1n) is 7.10. The van der Waals surface area contributed by atoms with Gasteiger partial charge in [-0.25, -0.2) is 19.2 Å². The lowest BCUT2D eigenvalue weighted by Gasteiger charge is -2.05. The molecule has 0 unspecified atom stereocenters.